The van der Waals surface area contributed by atoms with Gasteiger partial charge in [0.25, 0.3) is 6.43 Å². The topological polar surface area (TPSA) is 124 Å². The molecule has 3 aromatic rings. The Labute approximate surface area is 201 Å². The maximum absolute atomic E-state index is 13.2. The number of sulfonamides is 1. The Hall–Kier alpha value is -2.81. The summed E-state index contributed by atoms with van der Waals surface area (Å²) < 4.78 is 64.5. The fourth-order valence-corrected chi connectivity index (χ4v) is 4.55. The van der Waals surface area contributed by atoms with Crippen LogP contribution in [-0.2, 0) is 19.5 Å². The quantitative estimate of drug-likeness (QED) is 0.404. The Bertz CT molecular complexity index is 1260. The van der Waals surface area contributed by atoms with Crippen LogP contribution < -0.4 is 9.62 Å². The molecule has 3 aromatic heterocycles. The Morgan fingerprint density at radius 2 is 2.03 bits per heavy atom. The molecule has 1 fully saturated rings. The summed E-state index contributed by atoms with van der Waals surface area (Å²) in [7, 11) is -1.74. The minimum atomic E-state index is -3.34. The molecule has 0 amide bonds. The van der Waals surface area contributed by atoms with E-state index < -0.39 is 16.4 Å². The van der Waals surface area contributed by atoms with Gasteiger partial charge in [-0.3, -0.25) is 0 Å². The lowest BCUT2D eigenvalue weighted by molar-refractivity contribution is 0.00206. The van der Waals surface area contributed by atoms with Gasteiger partial charge in [0.1, 0.15) is 23.5 Å². The number of nitrogens with one attached hydrogen (secondary N) is 1. The summed E-state index contributed by atoms with van der Waals surface area (Å²) in [5, 5.41) is 4.00. The lowest BCUT2D eigenvalue weighted by Crippen LogP contribution is -2.48. The lowest BCUT2D eigenvalue weighted by Gasteiger charge is -2.38. The fourth-order valence-electron chi connectivity index (χ4n) is 4.01. The van der Waals surface area contributed by atoms with E-state index in [0.29, 0.717) is 55.6 Å². The van der Waals surface area contributed by atoms with Gasteiger partial charge in [-0.25, -0.2) is 41.4 Å². The molecule has 2 unspecified atom stereocenters. The van der Waals surface area contributed by atoms with E-state index in [-0.39, 0.29) is 24.3 Å². The highest BCUT2D eigenvalue weighted by molar-refractivity contribution is 7.88. The molecule has 35 heavy (non-hydrogen) atoms. The first-order valence-electron chi connectivity index (χ1n) is 11.0. The fraction of sp³-hybridized carbons (Fsp3) is 0.524. The molecule has 0 aliphatic carbocycles. The molecule has 0 saturated carbocycles. The van der Waals surface area contributed by atoms with Gasteiger partial charge in [0, 0.05) is 32.8 Å². The van der Waals surface area contributed by atoms with Gasteiger partial charge < -0.3 is 14.4 Å². The summed E-state index contributed by atoms with van der Waals surface area (Å²) in [6.07, 6.45) is 1.84. The summed E-state index contributed by atoms with van der Waals surface area (Å²) in [6, 6.07) is 4.45. The second-order valence-corrected chi connectivity index (χ2v) is 10.2. The third kappa shape index (κ3) is 6.45. The molecule has 0 bridgehead atoms. The Morgan fingerprint density at radius 3 is 2.77 bits per heavy atom. The van der Waals surface area contributed by atoms with Gasteiger partial charge in [-0.15, -0.1) is 0 Å². The van der Waals surface area contributed by atoms with Crippen LogP contribution in [0.4, 0.5) is 14.6 Å². The summed E-state index contributed by atoms with van der Waals surface area (Å²) >= 11 is 0. The molecular formula is C21H27F2N7O4S. The number of nitrogens with zero attached hydrogens (tertiary/aromatic N) is 6. The molecule has 4 heterocycles. The standard InChI is InChI=1S/C21H27F2N7O4S/c1-33-5-6-34-15-7-14(9-27-35(2,31)32)11-29(12-15)20-8-17(25-13-26-20)18-10-24-19-4-3-16(21(22)23)28-30(18)19/h3-4,8,10,13-15,21,27H,5-7,9,11-12H2,1-2H3. The SMILES string of the molecule is COCCOC1CC(CNS(C)(=O)=O)CN(c2cc(-c3cnc4ccc(C(F)F)nn34)ncn2)C1. The van der Waals surface area contributed by atoms with Gasteiger partial charge in [-0.1, -0.05) is 0 Å². The van der Waals surface area contributed by atoms with Crippen molar-refractivity contribution >= 4 is 21.5 Å². The minimum Gasteiger partial charge on any atom is -0.382 e. The van der Waals surface area contributed by atoms with Crippen molar-refractivity contribution in [1.29, 1.82) is 0 Å². The molecule has 1 aliphatic heterocycles. The zero-order valence-electron chi connectivity index (χ0n) is 19.3. The molecule has 1 saturated heterocycles. The number of alkyl halides is 2. The number of imidazole rings is 1. The van der Waals surface area contributed by atoms with E-state index in [9.17, 15) is 17.2 Å². The van der Waals surface area contributed by atoms with Crippen molar-refractivity contribution in [3.05, 3.63) is 36.4 Å². The zero-order chi connectivity index (χ0) is 25.0. The number of rotatable bonds is 10. The molecule has 190 valence electrons. The average Bonchev–Trinajstić information content (AvgIpc) is 3.26. The predicted molar refractivity (Wildman–Crippen MR) is 124 cm³/mol. The Morgan fingerprint density at radius 1 is 1.20 bits per heavy atom. The van der Waals surface area contributed by atoms with Crippen molar-refractivity contribution in [1.82, 2.24) is 29.3 Å². The number of fused-ring (bicyclic) bond motifs is 1. The average molecular weight is 512 g/mol. The second-order valence-electron chi connectivity index (χ2n) is 8.35. The van der Waals surface area contributed by atoms with Crippen molar-refractivity contribution in [2.24, 2.45) is 5.92 Å². The van der Waals surface area contributed by atoms with E-state index in [1.54, 1.807) is 13.2 Å². The summed E-state index contributed by atoms with van der Waals surface area (Å²) in [6.45, 7) is 2.21. The third-order valence-electron chi connectivity index (χ3n) is 5.62. The highest BCUT2D eigenvalue weighted by Crippen LogP contribution is 2.27. The molecule has 14 heteroatoms. The number of hydrogen-bond acceptors (Lipinski definition) is 9. The van der Waals surface area contributed by atoms with Crippen LogP contribution in [0.25, 0.3) is 17.0 Å². The molecule has 2 atom stereocenters. The first kappa shape index (κ1) is 25.3. The van der Waals surface area contributed by atoms with Crippen molar-refractivity contribution < 1.29 is 26.7 Å². The number of piperidine rings is 1. The minimum absolute atomic E-state index is 0.0181. The molecule has 1 aliphatic rings. The van der Waals surface area contributed by atoms with E-state index in [4.69, 9.17) is 9.47 Å². The summed E-state index contributed by atoms with van der Waals surface area (Å²) in [4.78, 5) is 14.9. The van der Waals surface area contributed by atoms with Gasteiger partial charge >= 0.3 is 0 Å². The Kier molecular flexibility index (Phi) is 7.84. The first-order chi connectivity index (χ1) is 16.7. The van der Waals surface area contributed by atoms with Crippen LogP contribution >= 0.6 is 0 Å². The van der Waals surface area contributed by atoms with E-state index in [0.717, 1.165) is 6.26 Å². The van der Waals surface area contributed by atoms with E-state index >= 15 is 0 Å². The normalized spacial score (nSPS) is 19.1. The monoisotopic (exact) mass is 511 g/mol. The van der Waals surface area contributed by atoms with Crippen LogP contribution in [0.15, 0.2) is 30.7 Å². The van der Waals surface area contributed by atoms with Crippen LogP contribution in [0, 0.1) is 5.92 Å². The number of hydrogen-bond donors (Lipinski definition) is 1. The highest BCUT2D eigenvalue weighted by atomic mass is 32.2. The van der Waals surface area contributed by atoms with Crippen LogP contribution in [0.5, 0.6) is 0 Å². The molecule has 0 spiro atoms. The van der Waals surface area contributed by atoms with Crippen LogP contribution in [-0.4, -0.2) is 85.3 Å². The number of methoxy groups -OCH3 is 1. The molecule has 0 radical (unpaired) electrons. The third-order valence-corrected chi connectivity index (χ3v) is 6.31. The number of anilines is 1. The van der Waals surface area contributed by atoms with Crippen molar-refractivity contribution in [2.75, 3.05) is 51.1 Å². The zero-order valence-corrected chi connectivity index (χ0v) is 20.2. The summed E-state index contributed by atoms with van der Waals surface area (Å²) in [5.41, 5.74) is 0.974. The number of halogens is 2. The lowest BCUT2D eigenvalue weighted by atomic mass is 9.96. The van der Waals surface area contributed by atoms with E-state index in [2.05, 4.69) is 24.8 Å². The number of aromatic nitrogens is 5. The number of ether oxygens (including phenoxy) is 2. The van der Waals surface area contributed by atoms with Crippen molar-refractivity contribution in [2.45, 2.75) is 19.0 Å². The second kappa shape index (κ2) is 10.8. The van der Waals surface area contributed by atoms with Crippen LogP contribution in [0.2, 0.25) is 0 Å². The molecule has 11 nitrogen and oxygen atoms in total. The van der Waals surface area contributed by atoms with Crippen LogP contribution in [0.1, 0.15) is 18.5 Å². The smallest absolute Gasteiger partial charge is 0.282 e. The van der Waals surface area contributed by atoms with Gasteiger partial charge in [0.2, 0.25) is 10.0 Å². The molecular weight excluding hydrogens is 484 g/mol. The van der Waals surface area contributed by atoms with Gasteiger partial charge in [-0.2, -0.15) is 5.10 Å². The highest BCUT2D eigenvalue weighted by Gasteiger charge is 2.29. The van der Waals surface area contributed by atoms with E-state index in [1.165, 1.54) is 29.2 Å². The van der Waals surface area contributed by atoms with Crippen molar-refractivity contribution in [3.8, 4) is 11.4 Å². The van der Waals surface area contributed by atoms with Crippen molar-refractivity contribution in [3.63, 3.8) is 0 Å². The van der Waals surface area contributed by atoms with Crippen LogP contribution in [0.3, 0.4) is 0 Å². The predicted octanol–water partition coefficient (Wildman–Crippen LogP) is 1.53. The largest absolute Gasteiger partial charge is 0.382 e. The summed E-state index contributed by atoms with van der Waals surface area (Å²) in [5.74, 6) is 0.579. The van der Waals surface area contributed by atoms with E-state index in [1.807, 2.05) is 4.90 Å². The molecule has 0 aromatic carbocycles. The maximum atomic E-state index is 13.2. The van der Waals surface area contributed by atoms with Gasteiger partial charge in [0.15, 0.2) is 5.65 Å². The van der Waals surface area contributed by atoms with Gasteiger partial charge in [0.05, 0.1) is 37.5 Å². The molecule has 4 rings (SSSR count). The molecule has 1 N–H and O–H groups in total. The Balaban J connectivity index is 1.60. The first-order valence-corrected chi connectivity index (χ1v) is 12.9. The van der Waals surface area contributed by atoms with Gasteiger partial charge in [-0.05, 0) is 24.5 Å². The maximum Gasteiger partial charge on any atom is 0.282 e.